The van der Waals surface area contributed by atoms with Crippen molar-refractivity contribution in [1.82, 2.24) is 0 Å². The van der Waals surface area contributed by atoms with E-state index in [1.54, 1.807) is 17.9 Å². The van der Waals surface area contributed by atoms with Crippen molar-refractivity contribution in [2.45, 2.75) is 31.1 Å². The van der Waals surface area contributed by atoms with E-state index in [9.17, 15) is 26.8 Å². The van der Waals surface area contributed by atoms with Crippen molar-refractivity contribution in [1.29, 1.82) is 0 Å². The molecule has 160 valence electrons. The van der Waals surface area contributed by atoms with Crippen LogP contribution in [0.15, 0.2) is 39.7 Å². The summed E-state index contributed by atoms with van der Waals surface area (Å²) in [5.74, 6) is -3.07. The molecule has 2 aromatic rings. The summed E-state index contributed by atoms with van der Waals surface area (Å²) in [5.41, 5.74) is 1.19. The van der Waals surface area contributed by atoms with E-state index in [0.717, 1.165) is 17.7 Å². The highest BCUT2D eigenvalue weighted by atomic mass is 79.9. The number of hydrogen-bond acceptors (Lipinski definition) is 4. The van der Waals surface area contributed by atoms with E-state index < -0.39 is 39.6 Å². The van der Waals surface area contributed by atoms with Gasteiger partial charge in [0.2, 0.25) is 11.8 Å². The van der Waals surface area contributed by atoms with Crippen LogP contribution in [0, 0.1) is 11.6 Å². The Morgan fingerprint density at radius 2 is 1.93 bits per heavy atom. The Morgan fingerprint density at radius 3 is 2.60 bits per heavy atom. The molecule has 0 fully saturated rings. The molecule has 2 amide bonds. The van der Waals surface area contributed by atoms with Gasteiger partial charge < -0.3 is 10.2 Å². The van der Waals surface area contributed by atoms with Crippen molar-refractivity contribution in [3.05, 3.63) is 52.0 Å². The quantitative estimate of drug-likeness (QED) is 0.653. The maximum Gasteiger partial charge on any atom is 0.226 e. The lowest BCUT2D eigenvalue weighted by Crippen LogP contribution is -2.28. The zero-order valence-electron chi connectivity index (χ0n) is 16.0. The molecule has 1 heterocycles. The number of benzene rings is 2. The van der Waals surface area contributed by atoms with Gasteiger partial charge in [-0.15, -0.1) is 0 Å². The fourth-order valence-electron chi connectivity index (χ4n) is 3.22. The van der Waals surface area contributed by atoms with Gasteiger partial charge in [0.1, 0.15) is 11.6 Å². The smallest absolute Gasteiger partial charge is 0.226 e. The zero-order valence-corrected chi connectivity index (χ0v) is 18.4. The Bertz CT molecular complexity index is 1120. The summed E-state index contributed by atoms with van der Waals surface area (Å²) < 4.78 is 52.6. The summed E-state index contributed by atoms with van der Waals surface area (Å²) in [5, 5.41) is 2.24. The molecule has 30 heavy (non-hydrogen) atoms. The summed E-state index contributed by atoms with van der Waals surface area (Å²) in [6.45, 7) is 2.23. The Morgan fingerprint density at radius 1 is 1.20 bits per heavy atom. The minimum Gasteiger partial charge on any atom is -0.324 e. The van der Waals surface area contributed by atoms with Crippen LogP contribution < -0.4 is 10.2 Å². The molecule has 0 saturated carbocycles. The highest BCUT2D eigenvalue weighted by molar-refractivity contribution is 9.10. The lowest BCUT2D eigenvalue weighted by Gasteiger charge is -2.18. The van der Waals surface area contributed by atoms with E-state index >= 15 is 0 Å². The van der Waals surface area contributed by atoms with Gasteiger partial charge in [-0.3, -0.25) is 9.59 Å². The van der Waals surface area contributed by atoms with Gasteiger partial charge in [-0.1, -0.05) is 6.92 Å². The lowest BCUT2D eigenvalue weighted by molar-refractivity contribution is -0.118. The summed E-state index contributed by atoms with van der Waals surface area (Å²) in [6, 6.07) is 5.80. The van der Waals surface area contributed by atoms with Crippen LogP contribution in [-0.2, 0) is 25.8 Å². The Hall–Kier alpha value is -2.33. The number of sulfone groups is 1. The van der Waals surface area contributed by atoms with Crippen LogP contribution in [-0.4, -0.2) is 32.5 Å². The van der Waals surface area contributed by atoms with Crippen molar-refractivity contribution in [2.75, 3.05) is 22.5 Å². The monoisotopic (exact) mass is 500 g/mol. The lowest BCUT2D eigenvalue weighted by atomic mass is 10.2. The number of nitrogens with zero attached hydrogens (tertiary/aromatic N) is 1. The minimum absolute atomic E-state index is 0.0159. The number of halogens is 3. The second-order valence-electron chi connectivity index (χ2n) is 6.80. The third-order valence-corrected chi connectivity index (χ3v) is 7.44. The van der Waals surface area contributed by atoms with Crippen LogP contribution in [0.5, 0.6) is 0 Å². The van der Waals surface area contributed by atoms with Crippen molar-refractivity contribution in [2.24, 2.45) is 0 Å². The number of nitrogens with one attached hydrogen (secondary N) is 1. The van der Waals surface area contributed by atoms with Gasteiger partial charge in [0, 0.05) is 35.6 Å². The molecule has 0 atom stereocenters. The normalized spacial score (nSPS) is 13.3. The third-order valence-electron chi connectivity index (χ3n) is 4.77. The second-order valence-corrected chi connectivity index (χ2v) is 9.73. The first-order chi connectivity index (χ1) is 14.1. The van der Waals surface area contributed by atoms with Crippen molar-refractivity contribution >= 4 is 49.0 Å². The number of fused-ring (bicyclic) bond motifs is 1. The Labute approximate surface area is 181 Å². The molecule has 0 radical (unpaired) electrons. The highest BCUT2D eigenvalue weighted by Gasteiger charge is 2.28. The summed E-state index contributed by atoms with van der Waals surface area (Å²) in [6.07, 6.45) is 0.517. The molecule has 1 aliphatic rings. The molecule has 0 bridgehead atoms. The zero-order chi connectivity index (χ0) is 22.1. The molecule has 3 rings (SSSR count). The molecule has 0 spiro atoms. The number of hydrogen-bond donors (Lipinski definition) is 1. The standard InChI is InChI=1S/C20H19BrF2N2O4S/c1-2-20(27)25-7-5-12-9-14(21)18(11-17(12)25)30(28,29)8-6-19(26)24-16-4-3-13(22)10-15(16)23/h3-4,9-11H,2,5-8H2,1H3,(H,24,26). The SMILES string of the molecule is CCC(=O)N1CCc2cc(Br)c(S(=O)(=O)CCC(=O)Nc3ccc(F)cc3F)cc21. The van der Waals surface area contributed by atoms with Gasteiger partial charge in [-0.05, 0) is 52.2 Å². The van der Waals surface area contributed by atoms with Gasteiger partial charge in [-0.25, -0.2) is 17.2 Å². The fraction of sp³-hybridized carbons (Fsp3) is 0.300. The third kappa shape index (κ3) is 4.70. The van der Waals surface area contributed by atoms with E-state index in [2.05, 4.69) is 21.2 Å². The van der Waals surface area contributed by atoms with Crippen LogP contribution in [0.25, 0.3) is 0 Å². The second kappa shape index (κ2) is 8.81. The summed E-state index contributed by atoms with van der Waals surface area (Å²) in [7, 11) is -3.87. The van der Waals surface area contributed by atoms with E-state index in [1.807, 2.05) is 0 Å². The molecule has 0 unspecified atom stereocenters. The van der Waals surface area contributed by atoms with E-state index in [0.29, 0.717) is 35.6 Å². The average Bonchev–Trinajstić information content (AvgIpc) is 3.10. The predicted molar refractivity (Wildman–Crippen MR) is 112 cm³/mol. The van der Waals surface area contributed by atoms with Gasteiger partial charge in [0.05, 0.1) is 16.3 Å². The first-order valence-electron chi connectivity index (χ1n) is 9.23. The molecule has 1 aliphatic heterocycles. The number of anilines is 2. The van der Waals surface area contributed by atoms with E-state index in [4.69, 9.17) is 0 Å². The van der Waals surface area contributed by atoms with Crippen molar-refractivity contribution in [3.8, 4) is 0 Å². The highest BCUT2D eigenvalue weighted by Crippen LogP contribution is 2.36. The summed E-state index contributed by atoms with van der Waals surface area (Å²) in [4.78, 5) is 25.7. The molecule has 2 aromatic carbocycles. The average molecular weight is 501 g/mol. The van der Waals surface area contributed by atoms with Gasteiger partial charge >= 0.3 is 0 Å². The van der Waals surface area contributed by atoms with Crippen LogP contribution in [0.1, 0.15) is 25.3 Å². The number of rotatable bonds is 6. The maximum atomic E-state index is 13.6. The molecule has 6 nitrogen and oxygen atoms in total. The van der Waals surface area contributed by atoms with Crippen LogP contribution in [0.3, 0.4) is 0 Å². The minimum atomic E-state index is -3.87. The number of amides is 2. The predicted octanol–water partition coefficient (Wildman–Crippen LogP) is 3.83. The van der Waals surface area contributed by atoms with E-state index in [-0.39, 0.29) is 16.5 Å². The largest absolute Gasteiger partial charge is 0.324 e. The molecule has 10 heteroatoms. The Balaban J connectivity index is 1.76. The van der Waals surface area contributed by atoms with Crippen molar-refractivity contribution in [3.63, 3.8) is 0 Å². The van der Waals surface area contributed by atoms with Gasteiger partial charge in [0.25, 0.3) is 0 Å². The van der Waals surface area contributed by atoms with Gasteiger partial charge in [0.15, 0.2) is 9.84 Å². The maximum absolute atomic E-state index is 13.6. The molecule has 0 saturated heterocycles. The molecule has 1 N–H and O–H groups in total. The molecular weight excluding hydrogens is 482 g/mol. The van der Waals surface area contributed by atoms with E-state index in [1.165, 1.54) is 6.07 Å². The van der Waals surface area contributed by atoms with Crippen LogP contribution in [0.2, 0.25) is 0 Å². The number of carbonyl (C=O) groups excluding carboxylic acids is 2. The van der Waals surface area contributed by atoms with Gasteiger partial charge in [-0.2, -0.15) is 0 Å². The molecular formula is C20H19BrF2N2O4S. The van der Waals surface area contributed by atoms with Crippen molar-refractivity contribution < 1.29 is 26.8 Å². The molecule has 0 aromatic heterocycles. The first kappa shape index (κ1) is 22.4. The van der Waals surface area contributed by atoms with Crippen LogP contribution in [0.4, 0.5) is 20.2 Å². The number of carbonyl (C=O) groups is 2. The Kier molecular flexibility index (Phi) is 6.56. The first-order valence-corrected chi connectivity index (χ1v) is 11.7. The molecule has 0 aliphatic carbocycles. The van der Waals surface area contributed by atoms with Crippen LogP contribution >= 0.6 is 15.9 Å². The topological polar surface area (TPSA) is 83.6 Å². The fourth-order valence-corrected chi connectivity index (χ4v) is 5.67. The summed E-state index contributed by atoms with van der Waals surface area (Å²) >= 11 is 3.27.